The van der Waals surface area contributed by atoms with Crippen molar-refractivity contribution in [3.05, 3.63) is 52.3 Å². The van der Waals surface area contributed by atoms with E-state index >= 15 is 0 Å². The Morgan fingerprint density at radius 3 is 2.37 bits per heavy atom. The predicted octanol–water partition coefficient (Wildman–Crippen LogP) is 7.79. The fourth-order valence-electron chi connectivity index (χ4n) is 2.90. The average Bonchev–Trinajstić information content (AvgIpc) is 2.59. The van der Waals surface area contributed by atoms with E-state index in [-0.39, 0.29) is 18.2 Å². The van der Waals surface area contributed by atoms with Gasteiger partial charge in [-0.15, -0.1) is 0 Å². The Bertz CT molecular complexity index is 1120. The van der Waals surface area contributed by atoms with Crippen LogP contribution in [0.2, 0.25) is 0 Å². The molecule has 0 aliphatic carbocycles. The van der Waals surface area contributed by atoms with Crippen molar-refractivity contribution in [3.8, 4) is 0 Å². The van der Waals surface area contributed by atoms with E-state index in [1.807, 2.05) is 19.9 Å². The Morgan fingerprint density at radius 1 is 1.03 bits per heavy atom. The molecule has 11 heteroatoms. The van der Waals surface area contributed by atoms with Gasteiger partial charge in [0.25, 0.3) is 0 Å². The number of nitrogens with one attached hydrogen (secondary N) is 2. The van der Waals surface area contributed by atoms with E-state index in [0.29, 0.717) is 34.7 Å². The molecule has 0 fully saturated rings. The van der Waals surface area contributed by atoms with Crippen LogP contribution in [0, 0.1) is 6.92 Å². The van der Waals surface area contributed by atoms with Crippen LogP contribution in [-0.2, 0) is 6.54 Å². The number of aromatic nitrogens is 2. The maximum absolute atomic E-state index is 13.1. The zero-order chi connectivity index (χ0) is 22.4. The standard InChI is InChI=1S/C19H20BrF5N4S/c1-11(2)27-18-9-17-15(8-16(18)20)19(29-12(3)28-17)26-10-13-5-4-6-14(7-13)30(21,22,23,24)25/h4-9,11,27H,10H2,1-3H3,(H,26,28,29). The van der Waals surface area contributed by atoms with Gasteiger partial charge in [0.2, 0.25) is 0 Å². The first-order valence-electron chi connectivity index (χ1n) is 8.94. The summed E-state index contributed by atoms with van der Waals surface area (Å²) in [4.78, 5) is 6.82. The van der Waals surface area contributed by atoms with Gasteiger partial charge in [-0.25, -0.2) is 9.97 Å². The van der Waals surface area contributed by atoms with Crippen LogP contribution in [-0.4, -0.2) is 16.0 Å². The summed E-state index contributed by atoms with van der Waals surface area (Å²) in [5.74, 6) is 0.857. The normalized spacial score (nSPS) is 14.5. The van der Waals surface area contributed by atoms with Gasteiger partial charge < -0.3 is 10.6 Å². The van der Waals surface area contributed by atoms with Crippen molar-refractivity contribution in [2.45, 2.75) is 38.3 Å². The van der Waals surface area contributed by atoms with Crippen LogP contribution >= 0.6 is 26.2 Å². The highest BCUT2D eigenvalue weighted by molar-refractivity contribution is 9.10. The molecule has 1 heterocycles. The number of nitrogens with zero attached hydrogens (tertiary/aromatic N) is 2. The molecule has 0 saturated heterocycles. The van der Waals surface area contributed by atoms with E-state index in [9.17, 15) is 19.4 Å². The molecular weight excluding hydrogens is 491 g/mol. The molecule has 1 aromatic heterocycles. The number of hydrogen-bond acceptors (Lipinski definition) is 4. The molecule has 3 aromatic rings. The predicted molar refractivity (Wildman–Crippen MR) is 116 cm³/mol. The number of anilines is 2. The van der Waals surface area contributed by atoms with Crippen LogP contribution < -0.4 is 10.6 Å². The number of hydrogen-bond donors (Lipinski definition) is 2. The molecule has 2 N–H and O–H groups in total. The molecule has 0 saturated carbocycles. The third kappa shape index (κ3) is 5.31. The average molecular weight is 511 g/mol. The van der Waals surface area contributed by atoms with Crippen molar-refractivity contribution < 1.29 is 19.4 Å². The first-order valence-corrected chi connectivity index (χ1v) is 11.7. The van der Waals surface area contributed by atoms with E-state index in [1.165, 1.54) is 6.07 Å². The maximum atomic E-state index is 13.1. The molecule has 0 radical (unpaired) electrons. The highest BCUT2D eigenvalue weighted by Gasteiger charge is 2.65. The highest BCUT2D eigenvalue weighted by Crippen LogP contribution is 3.02. The minimum Gasteiger partial charge on any atom is -0.382 e. The molecule has 2 aromatic carbocycles. The van der Waals surface area contributed by atoms with E-state index in [0.717, 1.165) is 16.2 Å². The van der Waals surface area contributed by atoms with Gasteiger partial charge in [-0.1, -0.05) is 31.6 Å². The van der Waals surface area contributed by atoms with Gasteiger partial charge in [0.1, 0.15) is 16.5 Å². The third-order valence-electron chi connectivity index (χ3n) is 4.14. The summed E-state index contributed by atoms with van der Waals surface area (Å²) >= 11 is 3.49. The summed E-state index contributed by atoms with van der Waals surface area (Å²) < 4.78 is 66.1. The van der Waals surface area contributed by atoms with Crippen LogP contribution in [0.25, 0.3) is 10.9 Å². The van der Waals surface area contributed by atoms with Crippen LogP contribution in [0.1, 0.15) is 25.2 Å². The van der Waals surface area contributed by atoms with Gasteiger partial charge in [0, 0.05) is 22.4 Å². The lowest BCUT2D eigenvalue weighted by Crippen LogP contribution is -2.11. The molecule has 0 unspecified atom stereocenters. The zero-order valence-corrected chi connectivity index (χ0v) is 18.7. The Hall–Kier alpha value is -2.14. The number of fused-ring (bicyclic) bond motifs is 1. The summed E-state index contributed by atoms with van der Waals surface area (Å²) in [6, 6.07) is 6.99. The van der Waals surface area contributed by atoms with Crippen molar-refractivity contribution in [1.82, 2.24) is 9.97 Å². The Kier molecular flexibility index (Phi) is 5.22. The van der Waals surface area contributed by atoms with Crippen LogP contribution in [0.15, 0.2) is 45.8 Å². The largest absolute Gasteiger partial charge is 0.382 e. The monoisotopic (exact) mass is 510 g/mol. The molecule has 0 spiro atoms. The van der Waals surface area contributed by atoms with Gasteiger partial charge in [0.15, 0.2) is 0 Å². The van der Waals surface area contributed by atoms with E-state index in [1.54, 1.807) is 13.0 Å². The summed E-state index contributed by atoms with van der Waals surface area (Å²) in [6.45, 7) is 5.57. The lowest BCUT2D eigenvalue weighted by Gasteiger charge is -2.40. The lowest BCUT2D eigenvalue weighted by atomic mass is 10.2. The first-order chi connectivity index (χ1) is 13.6. The Morgan fingerprint density at radius 2 is 1.73 bits per heavy atom. The summed E-state index contributed by atoms with van der Waals surface area (Å²) in [5, 5.41) is 6.88. The van der Waals surface area contributed by atoms with Gasteiger partial charge in [0.05, 0.1) is 11.2 Å². The molecule has 164 valence electrons. The van der Waals surface area contributed by atoms with Crippen LogP contribution in [0.5, 0.6) is 0 Å². The SMILES string of the molecule is Cc1nc(NCc2cccc(S(F)(F)(F)(F)F)c2)c2cc(Br)c(NC(C)C)cc2n1. The second-order valence-corrected chi connectivity index (χ2v) is 10.5. The molecule has 0 aliphatic heterocycles. The number of aryl methyl sites for hydroxylation is 1. The molecular formula is C19H20BrF5N4S. The van der Waals surface area contributed by atoms with Crippen molar-refractivity contribution in [2.75, 3.05) is 10.6 Å². The fourth-order valence-corrected chi connectivity index (χ4v) is 4.07. The van der Waals surface area contributed by atoms with E-state index < -0.39 is 15.1 Å². The summed E-state index contributed by atoms with van der Waals surface area (Å²) in [6.07, 6.45) is 0. The van der Waals surface area contributed by atoms with Gasteiger partial charge in [-0.3, -0.25) is 0 Å². The van der Waals surface area contributed by atoms with Crippen LogP contribution in [0.3, 0.4) is 0 Å². The molecule has 4 nitrogen and oxygen atoms in total. The zero-order valence-electron chi connectivity index (χ0n) is 16.3. The quantitative estimate of drug-likeness (QED) is 0.332. The molecule has 0 atom stereocenters. The minimum atomic E-state index is -9.73. The number of benzene rings is 2. The second-order valence-electron chi connectivity index (χ2n) is 7.24. The van der Waals surface area contributed by atoms with Crippen LogP contribution in [0.4, 0.5) is 30.9 Å². The smallest absolute Gasteiger partial charge is 0.310 e. The Labute approximate surface area is 179 Å². The summed E-state index contributed by atoms with van der Waals surface area (Å²) in [5.41, 5.74) is 1.53. The summed E-state index contributed by atoms with van der Waals surface area (Å²) in [7, 11) is -9.73. The van der Waals surface area contributed by atoms with Crippen molar-refractivity contribution in [1.29, 1.82) is 0 Å². The van der Waals surface area contributed by atoms with Crippen molar-refractivity contribution in [3.63, 3.8) is 0 Å². The van der Waals surface area contributed by atoms with Crippen molar-refractivity contribution >= 4 is 48.6 Å². The fraction of sp³-hybridized carbons (Fsp3) is 0.263. The second kappa shape index (κ2) is 6.94. The molecule has 0 aliphatic rings. The number of rotatable bonds is 6. The van der Waals surface area contributed by atoms with Gasteiger partial charge in [-0.05, 0) is 66.5 Å². The molecule has 3 rings (SSSR count). The van der Waals surface area contributed by atoms with Gasteiger partial charge in [-0.2, -0.15) is 0 Å². The molecule has 30 heavy (non-hydrogen) atoms. The minimum absolute atomic E-state index is 0.0577. The van der Waals surface area contributed by atoms with E-state index in [4.69, 9.17) is 0 Å². The first kappa shape index (κ1) is 22.5. The molecule has 0 amide bonds. The Balaban J connectivity index is 1.95. The highest BCUT2D eigenvalue weighted by atomic mass is 79.9. The molecule has 0 bridgehead atoms. The maximum Gasteiger partial charge on any atom is 0.310 e. The van der Waals surface area contributed by atoms with E-state index in [2.05, 4.69) is 36.5 Å². The third-order valence-corrected chi connectivity index (χ3v) is 5.95. The van der Waals surface area contributed by atoms with Crippen molar-refractivity contribution in [2.24, 2.45) is 0 Å². The number of halogens is 6. The van der Waals surface area contributed by atoms with Gasteiger partial charge >= 0.3 is 10.2 Å². The topological polar surface area (TPSA) is 49.8 Å². The lowest BCUT2D eigenvalue weighted by molar-refractivity contribution is 0.364.